The summed E-state index contributed by atoms with van der Waals surface area (Å²) in [4.78, 5) is 4.44. The van der Waals surface area contributed by atoms with Gasteiger partial charge in [-0.2, -0.15) is 13.2 Å². The molecule has 132 valence electrons. The molecule has 0 amide bonds. The molecule has 3 aromatic rings. The Morgan fingerprint density at radius 1 is 0.731 bits per heavy atom. The molecule has 26 heavy (non-hydrogen) atoms. The summed E-state index contributed by atoms with van der Waals surface area (Å²) in [7, 11) is 0. The van der Waals surface area contributed by atoms with Crippen LogP contribution in [0.25, 0.3) is 0 Å². The largest absolute Gasteiger partial charge is 0.416 e. The van der Waals surface area contributed by atoms with Gasteiger partial charge in [-0.15, -0.1) is 0 Å². The zero-order valence-electron chi connectivity index (χ0n) is 13.7. The van der Waals surface area contributed by atoms with Crippen molar-refractivity contribution in [2.75, 3.05) is 5.43 Å². The molecule has 0 aliphatic heterocycles. The van der Waals surface area contributed by atoms with Crippen LogP contribution in [0.15, 0.2) is 89.9 Å². The van der Waals surface area contributed by atoms with Crippen molar-refractivity contribution in [3.05, 3.63) is 96.1 Å². The molecule has 0 spiro atoms. The number of alkyl halides is 3. The van der Waals surface area contributed by atoms with E-state index >= 15 is 0 Å². The molecule has 0 aliphatic rings. The first-order valence-electron chi connectivity index (χ1n) is 7.91. The van der Waals surface area contributed by atoms with E-state index in [0.717, 1.165) is 23.4 Å². The number of anilines is 1. The Morgan fingerprint density at radius 2 is 1.31 bits per heavy atom. The first-order chi connectivity index (χ1) is 12.5. The third-order valence-corrected chi connectivity index (χ3v) is 3.58. The Bertz CT molecular complexity index is 858. The molecule has 3 rings (SSSR count). The van der Waals surface area contributed by atoms with Gasteiger partial charge in [-0.05, 0) is 36.4 Å². The molecule has 3 aromatic carbocycles. The van der Waals surface area contributed by atoms with Crippen molar-refractivity contribution in [1.82, 2.24) is 5.43 Å². The fourth-order valence-corrected chi connectivity index (χ4v) is 2.27. The first kappa shape index (κ1) is 17.5. The van der Waals surface area contributed by atoms with Crippen LogP contribution in [0.3, 0.4) is 0 Å². The third kappa shape index (κ3) is 4.63. The number of amidine groups is 1. The maximum atomic E-state index is 12.7. The number of para-hydroxylation sites is 1. The lowest BCUT2D eigenvalue weighted by molar-refractivity contribution is -0.137. The molecule has 0 bridgehead atoms. The molecule has 0 aliphatic carbocycles. The molecule has 0 heterocycles. The number of rotatable bonds is 4. The number of hydrogen-bond acceptors (Lipinski definition) is 2. The van der Waals surface area contributed by atoms with E-state index in [1.165, 1.54) is 12.1 Å². The van der Waals surface area contributed by atoms with Crippen molar-refractivity contribution >= 4 is 17.2 Å². The highest BCUT2D eigenvalue weighted by atomic mass is 19.4. The van der Waals surface area contributed by atoms with Crippen molar-refractivity contribution in [3.63, 3.8) is 0 Å². The van der Waals surface area contributed by atoms with Gasteiger partial charge in [0.15, 0.2) is 5.84 Å². The number of benzene rings is 3. The number of hydrogen-bond donors (Lipinski definition) is 2. The first-order valence-corrected chi connectivity index (χ1v) is 7.91. The normalized spacial score (nSPS) is 11.9. The van der Waals surface area contributed by atoms with Crippen LogP contribution in [0, 0.1) is 0 Å². The summed E-state index contributed by atoms with van der Waals surface area (Å²) in [5, 5.41) is 0. The summed E-state index contributed by atoms with van der Waals surface area (Å²) in [6.45, 7) is 0. The van der Waals surface area contributed by atoms with Gasteiger partial charge in [0.25, 0.3) is 0 Å². The van der Waals surface area contributed by atoms with E-state index in [2.05, 4.69) is 15.8 Å². The van der Waals surface area contributed by atoms with Gasteiger partial charge >= 0.3 is 6.18 Å². The van der Waals surface area contributed by atoms with Crippen LogP contribution in [0.4, 0.5) is 24.5 Å². The average molecular weight is 355 g/mol. The Balaban J connectivity index is 1.86. The molecule has 6 heteroatoms. The van der Waals surface area contributed by atoms with Crippen LogP contribution >= 0.6 is 0 Å². The van der Waals surface area contributed by atoms with Crippen molar-refractivity contribution in [3.8, 4) is 0 Å². The van der Waals surface area contributed by atoms with Gasteiger partial charge in [0, 0.05) is 5.56 Å². The molecule has 0 atom stereocenters. The predicted molar refractivity (Wildman–Crippen MR) is 97.3 cm³/mol. The van der Waals surface area contributed by atoms with Gasteiger partial charge in [0.2, 0.25) is 0 Å². The van der Waals surface area contributed by atoms with E-state index in [9.17, 15) is 13.2 Å². The van der Waals surface area contributed by atoms with Crippen molar-refractivity contribution in [1.29, 1.82) is 0 Å². The molecule has 0 saturated carbocycles. The predicted octanol–water partition coefficient (Wildman–Crippen LogP) is 5.40. The SMILES string of the molecule is FC(F)(F)c1ccc(N=C(NNc2ccccc2)c2ccccc2)cc1. The zero-order valence-corrected chi connectivity index (χ0v) is 13.7. The second-order valence-corrected chi connectivity index (χ2v) is 5.49. The molecule has 0 fully saturated rings. The standard InChI is InChI=1S/C20H16F3N3/c21-20(22,23)16-11-13-17(14-12-16)24-19(15-7-3-1-4-8-15)26-25-18-9-5-2-6-10-18/h1-14,25H,(H,24,26). The minimum absolute atomic E-state index is 0.416. The molecule has 3 nitrogen and oxygen atoms in total. The fourth-order valence-electron chi connectivity index (χ4n) is 2.27. The Kier molecular flexibility index (Phi) is 5.22. The molecular weight excluding hydrogens is 339 g/mol. The second-order valence-electron chi connectivity index (χ2n) is 5.49. The van der Waals surface area contributed by atoms with Crippen LogP contribution in [0.5, 0.6) is 0 Å². The van der Waals surface area contributed by atoms with Gasteiger partial charge in [0.1, 0.15) is 0 Å². The Morgan fingerprint density at radius 3 is 1.88 bits per heavy atom. The van der Waals surface area contributed by atoms with Gasteiger partial charge in [0.05, 0.1) is 16.9 Å². The summed E-state index contributed by atoms with van der Waals surface area (Å²) in [6, 6.07) is 23.5. The summed E-state index contributed by atoms with van der Waals surface area (Å²) in [6.07, 6.45) is -4.36. The van der Waals surface area contributed by atoms with E-state index < -0.39 is 11.7 Å². The lowest BCUT2D eigenvalue weighted by Crippen LogP contribution is -2.30. The summed E-state index contributed by atoms with van der Waals surface area (Å²) in [5.41, 5.74) is 7.42. The maximum absolute atomic E-state index is 12.7. The van der Waals surface area contributed by atoms with Gasteiger partial charge < -0.3 is 0 Å². The third-order valence-electron chi connectivity index (χ3n) is 3.58. The number of aliphatic imine (C=N–C) groups is 1. The maximum Gasteiger partial charge on any atom is 0.416 e. The number of halogens is 3. The van der Waals surface area contributed by atoms with Gasteiger partial charge in [-0.25, -0.2) is 4.99 Å². The van der Waals surface area contributed by atoms with Gasteiger partial charge in [-0.1, -0.05) is 48.5 Å². The second kappa shape index (κ2) is 7.74. The van der Waals surface area contributed by atoms with Crippen LogP contribution in [-0.4, -0.2) is 5.84 Å². The van der Waals surface area contributed by atoms with E-state index in [4.69, 9.17) is 0 Å². The minimum Gasteiger partial charge on any atom is -0.300 e. The molecule has 0 radical (unpaired) electrons. The number of nitrogens with zero attached hydrogens (tertiary/aromatic N) is 1. The number of nitrogens with one attached hydrogen (secondary N) is 2. The lowest BCUT2D eigenvalue weighted by Gasteiger charge is -2.13. The Hall–Kier alpha value is -3.28. The number of hydrazine groups is 1. The summed E-state index contributed by atoms with van der Waals surface area (Å²) in [5.74, 6) is 0.495. The highest BCUT2D eigenvalue weighted by Crippen LogP contribution is 2.30. The topological polar surface area (TPSA) is 36.4 Å². The minimum atomic E-state index is -4.36. The van der Waals surface area contributed by atoms with E-state index in [0.29, 0.717) is 11.5 Å². The van der Waals surface area contributed by atoms with Crippen LogP contribution in [0.1, 0.15) is 11.1 Å². The van der Waals surface area contributed by atoms with Crippen LogP contribution in [0.2, 0.25) is 0 Å². The zero-order chi connectivity index (χ0) is 18.4. The highest BCUT2D eigenvalue weighted by Gasteiger charge is 2.29. The van der Waals surface area contributed by atoms with Crippen LogP contribution < -0.4 is 10.9 Å². The molecule has 2 N–H and O–H groups in total. The monoisotopic (exact) mass is 355 g/mol. The molecule has 0 saturated heterocycles. The van der Waals surface area contributed by atoms with E-state index in [1.807, 2.05) is 60.7 Å². The van der Waals surface area contributed by atoms with E-state index in [1.54, 1.807) is 0 Å². The lowest BCUT2D eigenvalue weighted by atomic mass is 10.2. The smallest absolute Gasteiger partial charge is 0.300 e. The fraction of sp³-hybridized carbons (Fsp3) is 0.0500. The molecular formula is C20H16F3N3. The van der Waals surface area contributed by atoms with Crippen LogP contribution in [-0.2, 0) is 6.18 Å². The summed E-state index contributed by atoms with van der Waals surface area (Å²) >= 11 is 0. The van der Waals surface area contributed by atoms with Crippen molar-refractivity contribution < 1.29 is 13.2 Å². The summed E-state index contributed by atoms with van der Waals surface area (Å²) < 4.78 is 38.1. The van der Waals surface area contributed by atoms with Crippen molar-refractivity contribution in [2.24, 2.45) is 4.99 Å². The quantitative estimate of drug-likeness (QED) is 0.373. The average Bonchev–Trinajstić information content (AvgIpc) is 2.66. The Labute approximate surface area is 149 Å². The molecule has 0 aromatic heterocycles. The molecule has 0 unspecified atom stereocenters. The van der Waals surface area contributed by atoms with Crippen molar-refractivity contribution in [2.45, 2.75) is 6.18 Å². The highest BCUT2D eigenvalue weighted by molar-refractivity contribution is 6.00. The van der Waals surface area contributed by atoms with E-state index in [-0.39, 0.29) is 0 Å². The van der Waals surface area contributed by atoms with Gasteiger partial charge in [-0.3, -0.25) is 10.9 Å².